The molecule has 0 fully saturated rings. The van der Waals surface area contributed by atoms with Crippen LogP contribution in [0.15, 0.2) is 0 Å². The van der Waals surface area contributed by atoms with Gasteiger partial charge in [0.25, 0.3) is 0 Å². The van der Waals surface area contributed by atoms with Crippen molar-refractivity contribution in [1.82, 2.24) is 17.1 Å². The Balaban J connectivity index is 2.01. The molecule has 4 aromatic rings. The molecule has 0 aliphatic carbocycles. The molecule has 6 bridgehead atoms. The third-order valence-corrected chi connectivity index (χ3v) is 16.1. The second kappa shape index (κ2) is 12.7. The van der Waals surface area contributed by atoms with Crippen LogP contribution in [0.2, 0.25) is 19.6 Å². The fourth-order valence-electron chi connectivity index (χ4n) is 8.57. The van der Waals surface area contributed by atoms with Crippen LogP contribution in [-0.4, -0.2) is 40.3 Å². The summed E-state index contributed by atoms with van der Waals surface area (Å²) in [5.74, 6) is 0. The molecule has 5 nitrogen and oxygen atoms in total. The second-order valence-corrected chi connectivity index (χ2v) is 20.8. The van der Waals surface area contributed by atoms with E-state index in [1.165, 1.54) is 88.7 Å². The summed E-state index contributed by atoms with van der Waals surface area (Å²) in [5, 5.41) is 5.08. The van der Waals surface area contributed by atoms with Crippen LogP contribution in [0.4, 0.5) is 0 Å². The van der Waals surface area contributed by atoms with Crippen molar-refractivity contribution in [3.63, 3.8) is 0 Å². The Kier molecular flexibility index (Phi) is 9.19. The van der Waals surface area contributed by atoms with Gasteiger partial charge in [0.05, 0.1) is 0 Å². The number of nitrogens with one attached hydrogen (secondary N) is 2. The molecule has 0 atom stereocenters. The highest BCUT2D eigenvalue weighted by Crippen LogP contribution is 2.34. The van der Waals surface area contributed by atoms with E-state index < -0.39 is 23.2 Å². The Hall–Kier alpha value is -2.69. The van der Waals surface area contributed by atoms with Crippen molar-refractivity contribution in [3.05, 3.63) is 88.7 Å². The molecule has 7 heteroatoms. The lowest BCUT2D eigenvalue weighted by Crippen LogP contribution is -2.47. The van der Waals surface area contributed by atoms with E-state index in [2.05, 4.69) is 116 Å². The lowest BCUT2D eigenvalue weighted by atomic mass is 10.0. The third kappa shape index (κ3) is 5.14. The van der Waals surface area contributed by atoms with Gasteiger partial charge in [0.15, 0.2) is 8.32 Å². The molecule has 46 heavy (non-hydrogen) atoms. The predicted molar refractivity (Wildman–Crippen MR) is 199 cm³/mol. The smallest absolute Gasteiger partial charge is 0.509 e. The molecule has 0 aromatic carbocycles. The Labute approximate surface area is 282 Å². The van der Waals surface area contributed by atoms with Crippen molar-refractivity contribution in [3.8, 4) is 0 Å². The Morgan fingerprint density at radius 3 is 0.891 bits per heavy atom. The van der Waals surface area contributed by atoms with E-state index in [-0.39, 0.29) is 0 Å². The fraction of sp³-hybridized carbons (Fsp3) is 0.487. The lowest BCUT2D eigenvalue weighted by Gasteiger charge is -2.29. The minimum Gasteiger partial charge on any atom is -0.509 e. The minimum atomic E-state index is -2.38. The summed E-state index contributed by atoms with van der Waals surface area (Å²) < 4.78 is 13.1. The average molecular weight is 651 g/mol. The quantitative estimate of drug-likeness (QED) is 0.190. The van der Waals surface area contributed by atoms with Crippen molar-refractivity contribution in [1.29, 1.82) is 0 Å². The Bertz CT molecular complexity index is 1790. The maximum Gasteiger partial charge on any atom is 0.793 e. The first kappa shape index (κ1) is 33.2. The summed E-state index contributed by atoms with van der Waals surface area (Å²) in [5.41, 5.74) is 17.1. The summed E-state index contributed by atoms with van der Waals surface area (Å²) >= 11 is -2.38. The minimum absolute atomic E-state index is 0.994. The maximum absolute atomic E-state index is 7.64. The Morgan fingerprint density at radius 2 is 0.696 bits per heavy atom. The summed E-state index contributed by atoms with van der Waals surface area (Å²) in [6.45, 7) is 25.8. The zero-order chi connectivity index (χ0) is 33.1. The SMILES string of the molecule is CCc1c(CC)c2[n]3c1/C=c1\[nH]/c(c(CC)c1CC)=C\c1c(CC)c(CC)c([n]1[Al]3[O][Si](C)(C)C)/C=c1\[nH]/c(c(CC)c1CC)=C\2. The van der Waals surface area contributed by atoms with E-state index in [4.69, 9.17) is 3.48 Å². The van der Waals surface area contributed by atoms with Gasteiger partial charge in [-0.2, -0.15) is 0 Å². The molecule has 0 radical (unpaired) electrons. The molecular weight excluding hydrogens is 596 g/mol. The normalized spacial score (nSPS) is 16.6. The van der Waals surface area contributed by atoms with E-state index in [9.17, 15) is 0 Å². The number of aromatic amines is 2. The van der Waals surface area contributed by atoms with Crippen molar-refractivity contribution < 1.29 is 3.48 Å². The molecule has 4 aromatic heterocycles. The molecule has 6 rings (SSSR count). The third-order valence-electron chi connectivity index (χ3n) is 10.4. The van der Waals surface area contributed by atoms with Crippen LogP contribution in [0.1, 0.15) is 123 Å². The van der Waals surface area contributed by atoms with E-state index >= 15 is 0 Å². The van der Waals surface area contributed by atoms with Crippen molar-refractivity contribution in [2.75, 3.05) is 0 Å². The average Bonchev–Trinajstić information content (AvgIpc) is 3.72. The van der Waals surface area contributed by atoms with Crippen LogP contribution < -0.4 is 21.4 Å². The highest BCUT2D eigenvalue weighted by molar-refractivity contribution is 6.76. The molecule has 0 saturated heterocycles. The van der Waals surface area contributed by atoms with Crippen LogP contribution in [0.3, 0.4) is 0 Å². The zero-order valence-corrected chi connectivity index (χ0v) is 32.5. The number of hydrogen-bond donors (Lipinski definition) is 2. The molecule has 2 N–H and O–H groups in total. The topological polar surface area (TPSA) is 50.7 Å². The summed E-state index contributed by atoms with van der Waals surface area (Å²) in [4.78, 5) is 7.97. The van der Waals surface area contributed by atoms with Gasteiger partial charge in [0.1, 0.15) is 0 Å². The van der Waals surface area contributed by atoms with Crippen molar-refractivity contribution in [2.24, 2.45) is 0 Å². The van der Waals surface area contributed by atoms with Gasteiger partial charge in [0, 0.05) is 44.2 Å². The summed E-state index contributed by atoms with van der Waals surface area (Å²) in [7, 11) is -2.00. The maximum atomic E-state index is 7.64. The first-order chi connectivity index (χ1) is 22.1. The van der Waals surface area contributed by atoms with Gasteiger partial charge < -0.3 is 20.5 Å². The van der Waals surface area contributed by atoms with E-state index in [1.807, 2.05) is 0 Å². The van der Waals surface area contributed by atoms with Gasteiger partial charge >= 0.3 is 14.9 Å². The standard InChI is InChI=1S/C36H46N4.C3H9OSi.Al/c1-9-21-22(10-2)30-18-32-25(13-5)26(14-6)34(39-32)20-36-28(16-8)27(15-7)35(40-36)19-33-24(12-4)23(11-3)31(38-33)17-29(21)37-30;1-5(2,3)4;/h17-20,37,40H,9-16H2,1-8H3;1-3H3;/q-2;-1;+3/b29-17-,30-18-,31-17?,32-18?,33-19?,34-20?,35-19-,36-20-;;. The van der Waals surface area contributed by atoms with Crippen molar-refractivity contribution >= 4 is 47.5 Å². The van der Waals surface area contributed by atoms with Gasteiger partial charge in [-0.25, -0.2) is 0 Å². The molecule has 2 aliphatic rings. The van der Waals surface area contributed by atoms with Crippen molar-refractivity contribution in [2.45, 2.75) is 126 Å². The van der Waals surface area contributed by atoms with E-state index in [0.717, 1.165) is 51.4 Å². The van der Waals surface area contributed by atoms with Gasteiger partial charge in [-0.1, -0.05) is 55.4 Å². The number of nitrogens with zero attached hydrogens (tertiary/aromatic N) is 2. The molecule has 0 saturated carbocycles. The molecular formula is C39H55AlN4OSi. The molecule has 244 valence electrons. The molecule has 0 amide bonds. The van der Waals surface area contributed by atoms with E-state index in [1.54, 1.807) is 0 Å². The number of fused-ring (bicyclic) bond motifs is 4. The van der Waals surface area contributed by atoms with Gasteiger partial charge in [0.2, 0.25) is 0 Å². The van der Waals surface area contributed by atoms with Crippen LogP contribution in [0, 0.1) is 0 Å². The fourth-order valence-corrected chi connectivity index (χ4v) is 14.1. The lowest BCUT2D eigenvalue weighted by molar-refractivity contribution is 0.535. The largest absolute Gasteiger partial charge is 0.793 e. The molecule has 2 aliphatic heterocycles. The monoisotopic (exact) mass is 650 g/mol. The number of H-pyrrole nitrogens is 2. The zero-order valence-electron chi connectivity index (χ0n) is 30.3. The predicted octanol–water partition coefficient (Wildman–Crippen LogP) is 5.62. The summed E-state index contributed by atoms with van der Waals surface area (Å²) in [6, 6.07) is 0. The highest BCUT2D eigenvalue weighted by Gasteiger charge is 2.44. The van der Waals surface area contributed by atoms with Gasteiger partial charge in [-0.15, -0.1) is 0 Å². The van der Waals surface area contributed by atoms with Gasteiger partial charge in [-0.05, 0) is 140 Å². The van der Waals surface area contributed by atoms with E-state index in [0.29, 0.717) is 0 Å². The van der Waals surface area contributed by atoms with Gasteiger partial charge in [-0.3, -0.25) is 0 Å². The molecule has 0 spiro atoms. The number of aromatic nitrogens is 4. The van der Waals surface area contributed by atoms with Crippen LogP contribution >= 0.6 is 0 Å². The molecule has 0 unspecified atom stereocenters. The highest BCUT2D eigenvalue weighted by atomic mass is 28.4. The summed E-state index contributed by atoms with van der Waals surface area (Å²) in [6.07, 6.45) is 18.0. The number of rotatable bonds is 10. The first-order valence-electron chi connectivity index (χ1n) is 18.1. The number of hydrogen-bond acceptors (Lipinski definition) is 1. The Morgan fingerprint density at radius 1 is 0.457 bits per heavy atom. The second-order valence-electron chi connectivity index (χ2n) is 14.0. The first-order valence-corrected chi connectivity index (χ1v) is 23.1. The van der Waals surface area contributed by atoms with Crippen LogP contribution in [0.25, 0.3) is 24.3 Å². The van der Waals surface area contributed by atoms with Crippen LogP contribution in [-0.2, 0) is 54.8 Å². The molecule has 6 heterocycles. The van der Waals surface area contributed by atoms with Crippen LogP contribution in [0.5, 0.6) is 0 Å².